The summed E-state index contributed by atoms with van der Waals surface area (Å²) in [5.74, 6) is 0.250. The molecule has 5 rings (SSSR count). The van der Waals surface area contributed by atoms with Crippen molar-refractivity contribution in [3.8, 4) is 11.8 Å². The third-order valence-electron chi connectivity index (χ3n) is 5.81. The fraction of sp³-hybridized carbons (Fsp3) is 0.111. The van der Waals surface area contributed by atoms with Crippen LogP contribution >= 0.6 is 0 Å². The molecule has 4 heteroatoms. The van der Waals surface area contributed by atoms with E-state index in [0.29, 0.717) is 29.1 Å². The van der Waals surface area contributed by atoms with Crippen molar-refractivity contribution in [3.63, 3.8) is 0 Å². The Bertz CT molecular complexity index is 1300. The molecule has 1 aliphatic carbocycles. The topological polar surface area (TPSA) is 62.1 Å². The molecular weight excluding hydrogens is 384 g/mol. The molecule has 0 radical (unpaired) electrons. The number of ether oxygens (including phenoxy) is 1. The molecule has 0 unspecified atom stereocenters. The summed E-state index contributed by atoms with van der Waals surface area (Å²) in [6.07, 6.45) is 0. The van der Waals surface area contributed by atoms with E-state index in [9.17, 15) is 10.1 Å². The fourth-order valence-electron chi connectivity index (χ4n) is 4.34. The Labute approximate surface area is 181 Å². The number of rotatable bonds is 4. The third kappa shape index (κ3) is 3.21. The maximum Gasteiger partial charge on any atom is 0.192 e. The smallest absolute Gasteiger partial charge is 0.192 e. The van der Waals surface area contributed by atoms with E-state index in [1.54, 1.807) is 0 Å². The number of carbonyl (C=O) groups is 1. The summed E-state index contributed by atoms with van der Waals surface area (Å²) in [6, 6.07) is 27.6. The van der Waals surface area contributed by atoms with Crippen LogP contribution in [0.15, 0.2) is 95.7 Å². The van der Waals surface area contributed by atoms with Crippen LogP contribution < -0.4 is 10.1 Å². The van der Waals surface area contributed by atoms with Gasteiger partial charge in [0, 0.05) is 22.4 Å². The van der Waals surface area contributed by atoms with Crippen molar-refractivity contribution in [3.05, 3.63) is 118 Å². The van der Waals surface area contributed by atoms with E-state index in [0.717, 1.165) is 28.1 Å². The molecular formula is C27H20N2O2. The standard InChI is InChI=1S/C27H20N2O2/c1-17-23(15-28)24(25-26(29-17)21-12-5-6-13-22(21)27(25)30)19-10-7-11-20(14-19)31-16-18-8-3-2-4-9-18/h2-14,24,29H,16H2,1H3/t24-/m0/s1. The number of nitrogens with one attached hydrogen (secondary N) is 1. The van der Waals surface area contributed by atoms with Crippen molar-refractivity contribution in [2.24, 2.45) is 0 Å². The van der Waals surface area contributed by atoms with Crippen molar-refractivity contribution in [2.45, 2.75) is 19.4 Å². The minimum Gasteiger partial charge on any atom is -0.489 e. The minimum atomic E-state index is -0.429. The molecule has 0 saturated heterocycles. The SMILES string of the molecule is CC1=C(C#N)[C@H](c2cccc(OCc3ccccc3)c2)C2=C(N1)c1ccccc1C2=O. The van der Waals surface area contributed by atoms with Gasteiger partial charge in [0.1, 0.15) is 12.4 Å². The number of nitrogens with zero attached hydrogens (tertiary/aromatic N) is 1. The summed E-state index contributed by atoms with van der Waals surface area (Å²) < 4.78 is 6.00. The third-order valence-corrected chi connectivity index (χ3v) is 5.81. The van der Waals surface area contributed by atoms with E-state index < -0.39 is 5.92 Å². The molecule has 1 atom stereocenters. The molecule has 0 saturated carbocycles. The maximum atomic E-state index is 13.3. The van der Waals surface area contributed by atoms with Crippen LogP contribution in [0.4, 0.5) is 0 Å². The van der Waals surface area contributed by atoms with Crippen LogP contribution in [-0.2, 0) is 6.61 Å². The van der Waals surface area contributed by atoms with Crippen LogP contribution in [0.25, 0.3) is 5.70 Å². The zero-order valence-electron chi connectivity index (χ0n) is 17.1. The Kier molecular flexibility index (Phi) is 4.65. The molecule has 3 aromatic carbocycles. The summed E-state index contributed by atoms with van der Waals surface area (Å²) in [5.41, 5.74) is 6.27. The fourth-order valence-corrected chi connectivity index (χ4v) is 4.34. The second-order valence-electron chi connectivity index (χ2n) is 7.72. The minimum absolute atomic E-state index is 0.0287. The number of hydrogen-bond acceptors (Lipinski definition) is 4. The van der Waals surface area contributed by atoms with Gasteiger partial charge in [-0.15, -0.1) is 0 Å². The number of fused-ring (bicyclic) bond motifs is 2. The lowest BCUT2D eigenvalue weighted by Crippen LogP contribution is -2.24. The van der Waals surface area contributed by atoms with Crippen molar-refractivity contribution < 1.29 is 9.53 Å². The molecule has 2 aliphatic rings. The van der Waals surface area contributed by atoms with E-state index in [-0.39, 0.29) is 5.78 Å². The van der Waals surface area contributed by atoms with Gasteiger partial charge in [-0.05, 0) is 30.2 Å². The van der Waals surface area contributed by atoms with Gasteiger partial charge in [0.15, 0.2) is 5.78 Å². The summed E-state index contributed by atoms with van der Waals surface area (Å²) in [6.45, 7) is 2.34. The van der Waals surface area contributed by atoms with Crippen LogP contribution in [0.3, 0.4) is 0 Å². The Morgan fingerprint density at radius 1 is 0.968 bits per heavy atom. The number of ketones is 1. The number of carbonyl (C=O) groups excluding carboxylic acids is 1. The number of hydrogen-bond donors (Lipinski definition) is 1. The van der Waals surface area contributed by atoms with Crippen molar-refractivity contribution in [1.29, 1.82) is 5.26 Å². The number of nitriles is 1. The maximum absolute atomic E-state index is 13.3. The molecule has 3 aromatic rings. The lowest BCUT2D eigenvalue weighted by molar-refractivity contribution is 0.103. The Balaban J connectivity index is 1.54. The molecule has 31 heavy (non-hydrogen) atoms. The largest absolute Gasteiger partial charge is 0.489 e. The lowest BCUT2D eigenvalue weighted by atomic mass is 9.80. The van der Waals surface area contributed by atoms with Crippen molar-refractivity contribution in [1.82, 2.24) is 5.32 Å². The second-order valence-corrected chi connectivity index (χ2v) is 7.72. The highest BCUT2D eigenvalue weighted by Gasteiger charge is 2.40. The molecule has 1 heterocycles. The molecule has 1 aliphatic heterocycles. The summed E-state index contributed by atoms with van der Waals surface area (Å²) in [5, 5.41) is 13.2. The van der Waals surface area contributed by atoms with Crippen LogP contribution in [0.5, 0.6) is 5.75 Å². The highest BCUT2D eigenvalue weighted by atomic mass is 16.5. The quantitative estimate of drug-likeness (QED) is 0.636. The Morgan fingerprint density at radius 3 is 2.48 bits per heavy atom. The number of benzene rings is 3. The molecule has 0 spiro atoms. The first-order valence-corrected chi connectivity index (χ1v) is 10.2. The first-order chi connectivity index (χ1) is 15.2. The van der Waals surface area contributed by atoms with Gasteiger partial charge < -0.3 is 10.1 Å². The lowest BCUT2D eigenvalue weighted by Gasteiger charge is -2.27. The average Bonchev–Trinajstić information content (AvgIpc) is 3.09. The van der Waals surface area contributed by atoms with E-state index in [1.807, 2.05) is 85.8 Å². The van der Waals surface area contributed by atoms with E-state index in [4.69, 9.17) is 4.74 Å². The van der Waals surface area contributed by atoms with E-state index in [1.165, 1.54) is 0 Å². The van der Waals surface area contributed by atoms with Crippen molar-refractivity contribution >= 4 is 11.5 Å². The summed E-state index contributed by atoms with van der Waals surface area (Å²) in [7, 11) is 0. The van der Waals surface area contributed by atoms with Gasteiger partial charge in [0.05, 0.1) is 23.3 Å². The average molecular weight is 404 g/mol. The van der Waals surface area contributed by atoms with Crippen LogP contribution in [0, 0.1) is 11.3 Å². The first-order valence-electron chi connectivity index (χ1n) is 10.2. The summed E-state index contributed by atoms with van der Waals surface area (Å²) >= 11 is 0. The number of dihydropyridines is 1. The Hall–Kier alpha value is -4.10. The van der Waals surface area contributed by atoms with Crippen LogP contribution in [0.1, 0.15) is 39.9 Å². The zero-order valence-corrected chi connectivity index (χ0v) is 17.1. The number of Topliss-reactive ketones (excluding diaryl/α,β-unsaturated/α-hetero) is 1. The van der Waals surface area contributed by atoms with Gasteiger partial charge in [-0.25, -0.2) is 0 Å². The van der Waals surface area contributed by atoms with Crippen LogP contribution in [0.2, 0.25) is 0 Å². The normalized spacial score (nSPS) is 17.0. The van der Waals surface area contributed by atoms with Crippen LogP contribution in [-0.4, -0.2) is 5.78 Å². The van der Waals surface area contributed by atoms with Gasteiger partial charge >= 0.3 is 0 Å². The second kappa shape index (κ2) is 7.62. The predicted molar refractivity (Wildman–Crippen MR) is 119 cm³/mol. The predicted octanol–water partition coefficient (Wildman–Crippen LogP) is 5.36. The molecule has 0 amide bonds. The molecule has 150 valence electrons. The molecule has 0 fully saturated rings. The van der Waals surface area contributed by atoms with E-state index in [2.05, 4.69) is 11.4 Å². The number of allylic oxidation sites excluding steroid dienone is 3. The molecule has 1 N–H and O–H groups in total. The first kappa shape index (κ1) is 18.9. The van der Waals surface area contributed by atoms with Gasteiger partial charge in [0.2, 0.25) is 0 Å². The van der Waals surface area contributed by atoms with E-state index >= 15 is 0 Å². The van der Waals surface area contributed by atoms with Gasteiger partial charge in [-0.3, -0.25) is 4.79 Å². The zero-order chi connectivity index (χ0) is 21.4. The monoisotopic (exact) mass is 404 g/mol. The molecule has 0 bridgehead atoms. The highest BCUT2D eigenvalue weighted by molar-refractivity contribution is 6.22. The molecule has 0 aromatic heterocycles. The highest BCUT2D eigenvalue weighted by Crippen LogP contribution is 2.46. The van der Waals surface area contributed by atoms with Gasteiger partial charge in [0.25, 0.3) is 0 Å². The van der Waals surface area contributed by atoms with Gasteiger partial charge in [-0.2, -0.15) is 5.26 Å². The van der Waals surface area contributed by atoms with Crippen molar-refractivity contribution in [2.75, 3.05) is 0 Å². The Morgan fingerprint density at radius 2 is 1.71 bits per heavy atom. The molecule has 4 nitrogen and oxygen atoms in total. The van der Waals surface area contributed by atoms with Gasteiger partial charge in [-0.1, -0.05) is 66.7 Å². The summed E-state index contributed by atoms with van der Waals surface area (Å²) in [4.78, 5) is 13.3.